The molecule has 1 saturated carbocycles. The van der Waals surface area contributed by atoms with E-state index in [0.29, 0.717) is 37.8 Å². The third kappa shape index (κ3) is 4.39. The van der Waals surface area contributed by atoms with Gasteiger partial charge in [0.25, 0.3) is 0 Å². The van der Waals surface area contributed by atoms with Crippen LogP contribution in [0.15, 0.2) is 0 Å². The van der Waals surface area contributed by atoms with E-state index in [0.717, 1.165) is 6.42 Å². The van der Waals surface area contributed by atoms with Crippen molar-refractivity contribution >= 4 is 12.0 Å². The van der Waals surface area contributed by atoms with E-state index >= 15 is 0 Å². The van der Waals surface area contributed by atoms with Gasteiger partial charge in [0.1, 0.15) is 0 Å². The second-order valence-electron chi connectivity index (χ2n) is 6.79. The van der Waals surface area contributed by atoms with Gasteiger partial charge in [0.05, 0.1) is 5.41 Å². The maximum absolute atomic E-state index is 12.2. The van der Waals surface area contributed by atoms with Crippen LogP contribution >= 0.6 is 0 Å². The van der Waals surface area contributed by atoms with Crippen LogP contribution in [0.3, 0.4) is 0 Å². The summed E-state index contributed by atoms with van der Waals surface area (Å²) in [6.45, 7) is 9.94. The largest absolute Gasteiger partial charge is 0.481 e. The Morgan fingerprint density at radius 2 is 1.65 bits per heavy atom. The van der Waals surface area contributed by atoms with Gasteiger partial charge < -0.3 is 15.3 Å². The van der Waals surface area contributed by atoms with Gasteiger partial charge in [-0.15, -0.1) is 0 Å². The van der Waals surface area contributed by atoms with Crippen molar-refractivity contribution in [1.82, 2.24) is 10.2 Å². The zero-order chi connectivity index (χ0) is 15.3. The van der Waals surface area contributed by atoms with Crippen molar-refractivity contribution in [3.63, 3.8) is 0 Å². The molecule has 0 aromatic carbocycles. The van der Waals surface area contributed by atoms with Crippen molar-refractivity contribution in [1.29, 1.82) is 0 Å². The number of carboxylic acid groups (broad SMARTS) is 1. The van der Waals surface area contributed by atoms with Crippen LogP contribution in [0, 0.1) is 17.3 Å². The highest BCUT2D eigenvalue weighted by Gasteiger charge is 2.44. The molecular formula is C15H28N2O3. The fourth-order valence-corrected chi connectivity index (χ4v) is 2.55. The van der Waals surface area contributed by atoms with Gasteiger partial charge in [-0.1, -0.05) is 34.1 Å². The number of rotatable bonds is 7. The Balaban J connectivity index is 2.55. The third-order valence-electron chi connectivity index (χ3n) is 3.80. The van der Waals surface area contributed by atoms with Crippen molar-refractivity contribution in [2.45, 2.75) is 47.0 Å². The molecule has 2 N–H and O–H groups in total. The first-order chi connectivity index (χ1) is 9.27. The van der Waals surface area contributed by atoms with Crippen LogP contribution in [-0.2, 0) is 4.79 Å². The molecule has 2 amide bonds. The number of carbonyl (C=O) groups is 2. The first-order valence-electron chi connectivity index (χ1n) is 7.53. The van der Waals surface area contributed by atoms with E-state index in [2.05, 4.69) is 33.0 Å². The summed E-state index contributed by atoms with van der Waals surface area (Å²) in [5.41, 5.74) is -0.725. The van der Waals surface area contributed by atoms with Crippen molar-refractivity contribution in [2.75, 3.05) is 19.6 Å². The lowest BCUT2D eigenvalue weighted by Crippen LogP contribution is -2.51. The number of urea groups is 1. The number of carbonyl (C=O) groups excluding carboxylic acids is 1. The van der Waals surface area contributed by atoms with Crippen molar-refractivity contribution in [3.8, 4) is 0 Å². The van der Waals surface area contributed by atoms with Crippen LogP contribution in [0.1, 0.15) is 47.0 Å². The molecule has 0 atom stereocenters. The van der Waals surface area contributed by atoms with Crippen LogP contribution in [-0.4, -0.2) is 41.6 Å². The summed E-state index contributed by atoms with van der Waals surface area (Å²) in [4.78, 5) is 25.3. The van der Waals surface area contributed by atoms with E-state index in [-0.39, 0.29) is 12.6 Å². The van der Waals surface area contributed by atoms with Crippen LogP contribution in [0.2, 0.25) is 0 Å². The van der Waals surface area contributed by atoms with Gasteiger partial charge in [0, 0.05) is 19.6 Å². The summed E-state index contributed by atoms with van der Waals surface area (Å²) in [6, 6.07) is -0.139. The first kappa shape index (κ1) is 16.8. The summed E-state index contributed by atoms with van der Waals surface area (Å²) >= 11 is 0. The Kier molecular flexibility index (Phi) is 5.84. The fraction of sp³-hybridized carbons (Fsp3) is 0.867. The molecule has 20 heavy (non-hydrogen) atoms. The number of aliphatic carboxylic acids is 1. The molecule has 1 aliphatic carbocycles. The highest BCUT2D eigenvalue weighted by molar-refractivity contribution is 5.79. The van der Waals surface area contributed by atoms with Gasteiger partial charge in [-0.3, -0.25) is 4.79 Å². The molecule has 116 valence electrons. The Bertz CT molecular complexity index is 339. The lowest BCUT2D eigenvalue weighted by Gasteiger charge is -2.38. The third-order valence-corrected chi connectivity index (χ3v) is 3.80. The topological polar surface area (TPSA) is 69.6 Å². The fourth-order valence-electron chi connectivity index (χ4n) is 2.55. The predicted molar refractivity (Wildman–Crippen MR) is 78.6 cm³/mol. The number of carboxylic acids is 1. The summed E-state index contributed by atoms with van der Waals surface area (Å²) in [7, 11) is 0. The van der Waals surface area contributed by atoms with Gasteiger partial charge in [0.2, 0.25) is 0 Å². The lowest BCUT2D eigenvalue weighted by molar-refractivity contribution is -0.153. The molecule has 0 spiro atoms. The van der Waals surface area contributed by atoms with Gasteiger partial charge in [-0.05, 0) is 24.7 Å². The van der Waals surface area contributed by atoms with Gasteiger partial charge in [-0.2, -0.15) is 0 Å². The van der Waals surface area contributed by atoms with Crippen molar-refractivity contribution in [2.24, 2.45) is 17.3 Å². The molecule has 0 aromatic heterocycles. The van der Waals surface area contributed by atoms with E-state index in [1.807, 2.05) is 0 Å². The Labute approximate surface area is 121 Å². The molecule has 0 aliphatic heterocycles. The average molecular weight is 284 g/mol. The minimum Gasteiger partial charge on any atom is -0.481 e. The molecule has 1 rings (SSSR count). The first-order valence-corrected chi connectivity index (χ1v) is 7.53. The maximum Gasteiger partial charge on any atom is 0.317 e. The quantitative estimate of drug-likeness (QED) is 0.755. The predicted octanol–water partition coefficient (Wildman–Crippen LogP) is 2.56. The molecule has 5 nitrogen and oxygen atoms in total. The van der Waals surface area contributed by atoms with E-state index in [1.165, 1.54) is 0 Å². The van der Waals surface area contributed by atoms with Crippen LogP contribution in [0.4, 0.5) is 4.79 Å². The Morgan fingerprint density at radius 3 is 1.95 bits per heavy atom. The minimum atomic E-state index is -0.789. The van der Waals surface area contributed by atoms with Gasteiger partial charge in [-0.25, -0.2) is 4.79 Å². The lowest BCUT2D eigenvalue weighted by atomic mass is 9.69. The van der Waals surface area contributed by atoms with Crippen molar-refractivity contribution < 1.29 is 14.7 Å². The monoisotopic (exact) mass is 284 g/mol. The second kappa shape index (κ2) is 6.95. The average Bonchev–Trinajstić information content (AvgIpc) is 2.24. The molecule has 0 radical (unpaired) electrons. The number of amides is 2. The number of nitrogens with one attached hydrogen (secondary N) is 1. The molecular weight excluding hydrogens is 256 g/mol. The highest BCUT2D eigenvalue weighted by Crippen LogP contribution is 2.40. The summed E-state index contributed by atoms with van der Waals surface area (Å²) in [5.74, 6) is 0.0107. The van der Waals surface area contributed by atoms with Crippen LogP contribution in [0.25, 0.3) is 0 Å². The second-order valence-corrected chi connectivity index (χ2v) is 6.79. The maximum atomic E-state index is 12.2. The smallest absolute Gasteiger partial charge is 0.317 e. The molecule has 0 aromatic rings. The number of hydrogen-bond donors (Lipinski definition) is 2. The van der Waals surface area contributed by atoms with Gasteiger partial charge >= 0.3 is 12.0 Å². The SMILES string of the molecule is CC(C)CN(CC(C)C)C(=O)NCC1(C(=O)O)CCC1. The molecule has 0 saturated heterocycles. The normalized spacial score (nSPS) is 16.9. The van der Waals surface area contributed by atoms with Gasteiger partial charge in [0.15, 0.2) is 0 Å². The molecule has 1 fully saturated rings. The summed E-state index contributed by atoms with van der Waals surface area (Å²) in [5, 5.41) is 12.1. The minimum absolute atomic E-state index is 0.139. The summed E-state index contributed by atoms with van der Waals surface area (Å²) in [6.07, 6.45) is 2.26. The molecule has 1 aliphatic rings. The van der Waals surface area contributed by atoms with Crippen molar-refractivity contribution in [3.05, 3.63) is 0 Å². The zero-order valence-corrected chi connectivity index (χ0v) is 13.1. The number of nitrogens with zero attached hydrogens (tertiary/aromatic N) is 1. The van der Waals surface area contributed by atoms with Crippen LogP contribution < -0.4 is 5.32 Å². The number of hydrogen-bond acceptors (Lipinski definition) is 2. The van der Waals surface area contributed by atoms with E-state index in [4.69, 9.17) is 0 Å². The molecule has 0 bridgehead atoms. The molecule has 5 heteroatoms. The Morgan fingerprint density at radius 1 is 1.15 bits per heavy atom. The highest BCUT2D eigenvalue weighted by atomic mass is 16.4. The Hall–Kier alpha value is -1.26. The summed E-state index contributed by atoms with van der Waals surface area (Å²) < 4.78 is 0. The van der Waals surface area contributed by atoms with E-state index in [9.17, 15) is 14.7 Å². The molecule has 0 heterocycles. The molecule has 0 unspecified atom stereocenters. The standard InChI is InChI=1S/C15H28N2O3/c1-11(2)8-17(9-12(3)4)14(20)16-10-15(13(18)19)6-5-7-15/h11-12H,5-10H2,1-4H3,(H,16,20)(H,18,19). The van der Waals surface area contributed by atoms with Crippen LogP contribution in [0.5, 0.6) is 0 Å². The van der Waals surface area contributed by atoms with E-state index in [1.54, 1.807) is 4.90 Å². The zero-order valence-electron chi connectivity index (χ0n) is 13.1. The van der Waals surface area contributed by atoms with E-state index < -0.39 is 11.4 Å².